The van der Waals surface area contributed by atoms with Crippen molar-refractivity contribution < 1.29 is 26.7 Å². The third kappa shape index (κ3) is 3.43. The van der Waals surface area contributed by atoms with Crippen molar-refractivity contribution in [2.75, 3.05) is 6.61 Å². The first kappa shape index (κ1) is 13.7. The van der Waals surface area contributed by atoms with Gasteiger partial charge in [-0.1, -0.05) is 6.92 Å². The maximum atomic E-state index is 11.8. The predicted octanol–water partition coefficient (Wildman–Crippen LogP) is 0.443. The average molecular weight is 235 g/mol. The van der Waals surface area contributed by atoms with E-state index in [1.54, 1.807) is 0 Å². The van der Waals surface area contributed by atoms with Crippen LogP contribution in [0.1, 0.15) is 13.8 Å². The summed E-state index contributed by atoms with van der Waals surface area (Å²) in [7, 11) is -5.31. The summed E-state index contributed by atoms with van der Waals surface area (Å²) in [6.07, 6.45) is 0. The van der Waals surface area contributed by atoms with Crippen LogP contribution in [0.25, 0.3) is 0 Å². The van der Waals surface area contributed by atoms with E-state index in [0.717, 1.165) is 0 Å². The molecular weight excluding hydrogens is 223 g/mol. The lowest BCUT2D eigenvalue weighted by Crippen LogP contribution is -2.44. The van der Waals surface area contributed by atoms with Crippen LogP contribution >= 0.6 is 0 Å². The van der Waals surface area contributed by atoms with Crippen molar-refractivity contribution in [2.24, 2.45) is 5.92 Å². The van der Waals surface area contributed by atoms with Gasteiger partial charge >= 0.3 is 15.5 Å². The Morgan fingerprint density at radius 2 is 1.79 bits per heavy atom. The molecule has 2 unspecified atom stereocenters. The lowest BCUT2D eigenvalue weighted by molar-refractivity contribution is -0.0452. The molecule has 0 aliphatic rings. The second kappa shape index (κ2) is 4.45. The van der Waals surface area contributed by atoms with Gasteiger partial charge in [0.2, 0.25) is 0 Å². The van der Waals surface area contributed by atoms with E-state index in [2.05, 4.69) is 0 Å². The van der Waals surface area contributed by atoms with Crippen LogP contribution in [-0.4, -0.2) is 31.7 Å². The quantitative estimate of drug-likeness (QED) is 0.743. The second-order valence-corrected chi connectivity index (χ2v) is 4.72. The van der Waals surface area contributed by atoms with Gasteiger partial charge in [0, 0.05) is 12.6 Å². The first-order valence-corrected chi connectivity index (χ1v) is 5.29. The molecular formula is C6H12F3NO3S. The van der Waals surface area contributed by atoms with E-state index in [9.17, 15) is 21.6 Å². The summed E-state index contributed by atoms with van der Waals surface area (Å²) in [5.74, 6) is -0.577. The van der Waals surface area contributed by atoms with Gasteiger partial charge < -0.3 is 5.11 Å². The zero-order chi connectivity index (χ0) is 11.6. The topological polar surface area (TPSA) is 66.4 Å². The highest BCUT2D eigenvalue weighted by Gasteiger charge is 2.46. The molecule has 0 radical (unpaired) electrons. The molecule has 0 heterocycles. The highest BCUT2D eigenvalue weighted by molar-refractivity contribution is 7.90. The first-order valence-electron chi connectivity index (χ1n) is 3.81. The van der Waals surface area contributed by atoms with Crippen LogP contribution in [0.3, 0.4) is 0 Å². The van der Waals surface area contributed by atoms with E-state index >= 15 is 0 Å². The molecule has 0 rings (SSSR count). The summed E-state index contributed by atoms with van der Waals surface area (Å²) in [6.45, 7) is 2.30. The van der Waals surface area contributed by atoms with Crippen molar-refractivity contribution in [1.29, 1.82) is 0 Å². The van der Waals surface area contributed by atoms with Crippen molar-refractivity contribution in [3.63, 3.8) is 0 Å². The molecule has 8 heteroatoms. The van der Waals surface area contributed by atoms with E-state index < -0.39 is 27.5 Å². The molecule has 0 saturated heterocycles. The molecule has 0 saturated carbocycles. The van der Waals surface area contributed by atoms with Crippen LogP contribution < -0.4 is 4.72 Å². The number of halogens is 3. The zero-order valence-corrected chi connectivity index (χ0v) is 8.48. The summed E-state index contributed by atoms with van der Waals surface area (Å²) >= 11 is 0. The largest absolute Gasteiger partial charge is 0.511 e. The fraction of sp³-hybridized carbons (Fsp3) is 1.00. The number of aliphatic hydroxyl groups is 1. The Morgan fingerprint density at radius 3 is 2.07 bits per heavy atom. The van der Waals surface area contributed by atoms with Gasteiger partial charge in [-0.15, -0.1) is 0 Å². The van der Waals surface area contributed by atoms with Gasteiger partial charge in [-0.3, -0.25) is 0 Å². The highest BCUT2D eigenvalue weighted by atomic mass is 32.2. The molecule has 0 aromatic carbocycles. The third-order valence-corrected chi connectivity index (χ3v) is 3.08. The maximum Gasteiger partial charge on any atom is 0.511 e. The normalized spacial score (nSPS) is 17.9. The molecule has 0 aromatic heterocycles. The number of nitrogens with one attached hydrogen (secondary N) is 1. The van der Waals surface area contributed by atoms with Crippen LogP contribution in [0.15, 0.2) is 0 Å². The molecule has 2 atom stereocenters. The van der Waals surface area contributed by atoms with E-state index in [0.29, 0.717) is 0 Å². The molecule has 0 amide bonds. The molecule has 0 aliphatic heterocycles. The zero-order valence-electron chi connectivity index (χ0n) is 7.67. The minimum atomic E-state index is -5.31. The number of aliphatic hydroxyl groups excluding tert-OH is 1. The van der Waals surface area contributed by atoms with E-state index in [1.807, 2.05) is 0 Å². The Balaban J connectivity index is 4.54. The Labute approximate surface area is 80.2 Å². The van der Waals surface area contributed by atoms with Crippen LogP contribution in [-0.2, 0) is 10.0 Å². The summed E-state index contributed by atoms with van der Waals surface area (Å²) in [5.41, 5.74) is -5.31. The lowest BCUT2D eigenvalue weighted by atomic mass is 10.1. The van der Waals surface area contributed by atoms with Crippen LogP contribution in [0.4, 0.5) is 13.2 Å². The molecule has 0 bridgehead atoms. The summed E-state index contributed by atoms with van der Waals surface area (Å²) in [6, 6.07) is -0.966. The van der Waals surface area contributed by atoms with Crippen LogP contribution in [0.2, 0.25) is 0 Å². The number of alkyl halides is 3. The smallest absolute Gasteiger partial charge is 0.396 e. The van der Waals surface area contributed by atoms with Gasteiger partial charge in [0.05, 0.1) is 0 Å². The minimum absolute atomic E-state index is 0.387. The molecule has 0 aliphatic carbocycles. The third-order valence-electron chi connectivity index (χ3n) is 1.79. The van der Waals surface area contributed by atoms with Gasteiger partial charge in [0.15, 0.2) is 0 Å². The number of hydrogen-bond acceptors (Lipinski definition) is 3. The lowest BCUT2D eigenvalue weighted by Gasteiger charge is -2.19. The van der Waals surface area contributed by atoms with Crippen molar-refractivity contribution >= 4 is 10.0 Å². The minimum Gasteiger partial charge on any atom is -0.396 e. The van der Waals surface area contributed by atoms with Crippen LogP contribution in [0, 0.1) is 5.92 Å². The maximum absolute atomic E-state index is 11.8. The van der Waals surface area contributed by atoms with E-state index in [4.69, 9.17) is 5.11 Å². The van der Waals surface area contributed by atoms with Gasteiger partial charge in [0.25, 0.3) is 0 Å². The fourth-order valence-corrected chi connectivity index (χ4v) is 1.44. The SMILES string of the molecule is CC(CO)C(C)NS(=O)(=O)C(F)(F)F. The number of sulfonamides is 1. The van der Waals surface area contributed by atoms with Crippen molar-refractivity contribution in [3.05, 3.63) is 0 Å². The standard InChI is InChI=1S/C6H12F3NO3S/c1-4(3-11)5(2)10-14(12,13)6(7,8)9/h4-5,10-11H,3H2,1-2H3. The van der Waals surface area contributed by atoms with E-state index in [1.165, 1.54) is 18.6 Å². The Morgan fingerprint density at radius 1 is 1.36 bits per heavy atom. The predicted molar refractivity (Wildman–Crippen MR) is 43.8 cm³/mol. The molecule has 0 spiro atoms. The molecule has 0 fully saturated rings. The van der Waals surface area contributed by atoms with Crippen molar-refractivity contribution in [1.82, 2.24) is 4.72 Å². The monoisotopic (exact) mass is 235 g/mol. The first-order chi connectivity index (χ1) is 6.12. The average Bonchev–Trinajstić information content (AvgIpc) is 2.00. The molecule has 2 N–H and O–H groups in total. The molecule has 4 nitrogen and oxygen atoms in total. The van der Waals surface area contributed by atoms with Crippen molar-refractivity contribution in [2.45, 2.75) is 25.4 Å². The Bertz CT molecular complexity index is 275. The second-order valence-electron chi connectivity index (χ2n) is 3.02. The van der Waals surface area contributed by atoms with Gasteiger partial charge in [0.1, 0.15) is 0 Å². The molecule has 14 heavy (non-hydrogen) atoms. The number of hydrogen-bond donors (Lipinski definition) is 2. The highest BCUT2D eigenvalue weighted by Crippen LogP contribution is 2.22. The summed E-state index contributed by atoms with van der Waals surface area (Å²) < 4.78 is 58.1. The van der Waals surface area contributed by atoms with Gasteiger partial charge in [-0.05, 0) is 12.8 Å². The Hall–Kier alpha value is -0.340. The summed E-state index contributed by atoms with van der Waals surface area (Å²) in [5, 5.41) is 8.59. The summed E-state index contributed by atoms with van der Waals surface area (Å²) in [4.78, 5) is 0. The van der Waals surface area contributed by atoms with Gasteiger partial charge in [-0.25, -0.2) is 13.1 Å². The Kier molecular flexibility index (Phi) is 4.34. The van der Waals surface area contributed by atoms with Gasteiger partial charge in [-0.2, -0.15) is 13.2 Å². The number of rotatable bonds is 4. The molecule has 0 aromatic rings. The van der Waals surface area contributed by atoms with Crippen molar-refractivity contribution in [3.8, 4) is 0 Å². The molecule has 86 valence electrons. The van der Waals surface area contributed by atoms with Crippen LogP contribution in [0.5, 0.6) is 0 Å². The van der Waals surface area contributed by atoms with E-state index in [-0.39, 0.29) is 6.61 Å². The fourth-order valence-electron chi connectivity index (χ4n) is 0.586.